The van der Waals surface area contributed by atoms with Gasteiger partial charge in [-0.05, 0) is 18.2 Å². The molecule has 6 nitrogen and oxygen atoms in total. The molecule has 0 bridgehead atoms. The number of halogens is 3. The Morgan fingerprint density at radius 3 is 2.61 bits per heavy atom. The number of carbonyl (C=O) groups is 1. The van der Waals surface area contributed by atoms with Gasteiger partial charge in [0.05, 0.1) is 18.8 Å². The summed E-state index contributed by atoms with van der Waals surface area (Å²) in [5.74, 6) is -0.363. The lowest BCUT2D eigenvalue weighted by molar-refractivity contribution is -0.144. The molecule has 23 heavy (non-hydrogen) atoms. The second kappa shape index (κ2) is 6.37. The molecule has 0 aromatic carbocycles. The second-order valence-corrected chi connectivity index (χ2v) is 4.99. The highest BCUT2D eigenvalue weighted by molar-refractivity contribution is 5.93. The van der Waals surface area contributed by atoms with Gasteiger partial charge in [-0.2, -0.15) is 18.3 Å². The van der Waals surface area contributed by atoms with Crippen LogP contribution in [0.1, 0.15) is 16.2 Å². The van der Waals surface area contributed by atoms with E-state index in [9.17, 15) is 18.0 Å². The van der Waals surface area contributed by atoms with Crippen molar-refractivity contribution in [2.45, 2.75) is 12.7 Å². The molecule has 0 aliphatic rings. The van der Waals surface area contributed by atoms with Crippen LogP contribution in [0.3, 0.4) is 0 Å². The molecule has 0 aliphatic carbocycles. The Morgan fingerprint density at radius 2 is 2.04 bits per heavy atom. The number of carbonyl (C=O) groups excluding carboxylic acids is 1. The van der Waals surface area contributed by atoms with E-state index in [1.807, 2.05) is 0 Å². The van der Waals surface area contributed by atoms with Gasteiger partial charge in [0, 0.05) is 25.9 Å². The Bertz CT molecular complexity index is 710. The van der Waals surface area contributed by atoms with Crippen LogP contribution >= 0.6 is 0 Å². The van der Waals surface area contributed by atoms with Crippen LogP contribution in [-0.2, 0) is 12.7 Å². The lowest BCUT2D eigenvalue weighted by Crippen LogP contribution is -2.22. The van der Waals surface area contributed by atoms with Crippen molar-refractivity contribution < 1.29 is 23.1 Å². The first-order valence-corrected chi connectivity index (χ1v) is 6.68. The highest BCUT2D eigenvalue weighted by Crippen LogP contribution is 2.32. The van der Waals surface area contributed by atoms with E-state index in [0.717, 1.165) is 6.07 Å². The molecule has 0 spiro atoms. The Labute approximate surface area is 130 Å². The Kier molecular flexibility index (Phi) is 4.69. The molecule has 1 amide bonds. The van der Waals surface area contributed by atoms with Gasteiger partial charge >= 0.3 is 6.18 Å². The number of pyridine rings is 1. The Hall–Kier alpha value is -2.42. The molecule has 2 aromatic heterocycles. The second-order valence-electron chi connectivity index (χ2n) is 4.99. The van der Waals surface area contributed by atoms with Crippen molar-refractivity contribution in [3.8, 4) is 11.3 Å². The maximum atomic E-state index is 13.0. The van der Waals surface area contributed by atoms with E-state index in [-0.39, 0.29) is 23.8 Å². The van der Waals surface area contributed by atoms with Gasteiger partial charge in [-0.3, -0.25) is 14.5 Å². The van der Waals surface area contributed by atoms with E-state index < -0.39 is 18.5 Å². The number of aromatic nitrogens is 3. The average Bonchev–Trinajstić information content (AvgIpc) is 2.91. The van der Waals surface area contributed by atoms with E-state index in [1.54, 1.807) is 14.1 Å². The van der Waals surface area contributed by atoms with Crippen molar-refractivity contribution in [3.63, 3.8) is 0 Å². The third kappa shape index (κ3) is 3.67. The summed E-state index contributed by atoms with van der Waals surface area (Å²) >= 11 is 0. The molecule has 0 fully saturated rings. The molecule has 2 heterocycles. The zero-order valence-corrected chi connectivity index (χ0v) is 12.5. The topological polar surface area (TPSA) is 71.2 Å². The highest BCUT2D eigenvalue weighted by atomic mass is 19.4. The van der Waals surface area contributed by atoms with Crippen molar-refractivity contribution in [1.82, 2.24) is 19.7 Å². The average molecular weight is 328 g/mol. The smallest absolute Gasteiger partial charge is 0.394 e. The molecular weight excluding hydrogens is 313 g/mol. The van der Waals surface area contributed by atoms with Crippen molar-refractivity contribution in [2.24, 2.45) is 0 Å². The lowest BCUT2D eigenvalue weighted by Gasteiger charge is -2.09. The van der Waals surface area contributed by atoms with Crippen LogP contribution in [0.2, 0.25) is 0 Å². The molecule has 0 unspecified atom stereocenters. The van der Waals surface area contributed by atoms with Crippen LogP contribution in [0, 0.1) is 0 Å². The third-order valence-electron chi connectivity index (χ3n) is 3.06. The summed E-state index contributed by atoms with van der Waals surface area (Å²) in [4.78, 5) is 17.1. The summed E-state index contributed by atoms with van der Waals surface area (Å²) in [7, 11) is 3.10. The largest absolute Gasteiger partial charge is 0.433 e. The summed E-state index contributed by atoms with van der Waals surface area (Å²) in [5, 5.41) is 12.7. The first-order valence-electron chi connectivity index (χ1n) is 6.68. The number of alkyl halides is 3. The number of nitrogens with zero attached hydrogens (tertiary/aromatic N) is 4. The van der Waals surface area contributed by atoms with Crippen LogP contribution in [0.5, 0.6) is 0 Å². The molecule has 0 saturated heterocycles. The Morgan fingerprint density at radius 1 is 1.35 bits per heavy atom. The van der Waals surface area contributed by atoms with Crippen LogP contribution < -0.4 is 0 Å². The first kappa shape index (κ1) is 16.9. The minimum atomic E-state index is -4.59. The molecule has 1 N–H and O–H groups in total. The summed E-state index contributed by atoms with van der Waals surface area (Å²) in [5.41, 5.74) is -0.454. The molecule has 2 rings (SSSR count). The van der Waals surface area contributed by atoms with Crippen LogP contribution in [0.25, 0.3) is 11.3 Å². The van der Waals surface area contributed by atoms with Gasteiger partial charge in [0.2, 0.25) is 0 Å². The molecular formula is C14H15F3N4O2. The van der Waals surface area contributed by atoms with E-state index >= 15 is 0 Å². The molecule has 2 aromatic rings. The van der Waals surface area contributed by atoms with E-state index in [2.05, 4.69) is 10.1 Å². The fourth-order valence-electron chi connectivity index (χ4n) is 1.99. The molecule has 0 saturated carbocycles. The quantitative estimate of drug-likeness (QED) is 0.926. The number of aliphatic hydroxyl groups excluding tert-OH is 1. The molecule has 0 radical (unpaired) electrons. The standard InChI is InChI=1S/C14H15F3N4O2/c1-20(2)13(23)11-7-9(3-4-18-11)10-8-12(14(15,16)17)21(19-10)5-6-22/h3-4,7-8,22H,5-6H2,1-2H3. The summed E-state index contributed by atoms with van der Waals surface area (Å²) in [6, 6.07) is 3.74. The van der Waals surface area contributed by atoms with Crippen LogP contribution in [-0.4, -0.2) is 51.4 Å². The number of hydrogen-bond acceptors (Lipinski definition) is 4. The fourth-order valence-corrected chi connectivity index (χ4v) is 1.99. The van der Waals surface area contributed by atoms with Gasteiger partial charge in [0.25, 0.3) is 5.91 Å². The van der Waals surface area contributed by atoms with Gasteiger partial charge < -0.3 is 10.0 Å². The van der Waals surface area contributed by atoms with Gasteiger partial charge in [-0.15, -0.1) is 0 Å². The van der Waals surface area contributed by atoms with Crippen molar-refractivity contribution in [3.05, 3.63) is 35.8 Å². The van der Waals surface area contributed by atoms with E-state index in [0.29, 0.717) is 10.2 Å². The maximum Gasteiger partial charge on any atom is 0.433 e. The minimum absolute atomic E-state index is 0.0565. The normalized spacial score (nSPS) is 11.6. The highest BCUT2D eigenvalue weighted by Gasteiger charge is 2.35. The fraction of sp³-hybridized carbons (Fsp3) is 0.357. The predicted molar refractivity (Wildman–Crippen MR) is 75.6 cm³/mol. The van der Waals surface area contributed by atoms with Crippen molar-refractivity contribution in [1.29, 1.82) is 0 Å². The number of amides is 1. The van der Waals surface area contributed by atoms with Gasteiger partial charge in [0.1, 0.15) is 11.4 Å². The first-order chi connectivity index (χ1) is 10.7. The summed E-state index contributed by atoms with van der Waals surface area (Å²) in [6.45, 7) is -0.742. The van der Waals surface area contributed by atoms with E-state index in [4.69, 9.17) is 5.11 Å². The Balaban J connectivity index is 2.47. The predicted octanol–water partition coefficient (Wildman–Crippen LogP) is 1.66. The van der Waals surface area contributed by atoms with Gasteiger partial charge in [0.15, 0.2) is 0 Å². The number of hydrogen-bond donors (Lipinski definition) is 1. The molecule has 0 aliphatic heterocycles. The zero-order valence-electron chi connectivity index (χ0n) is 12.5. The SMILES string of the molecule is CN(C)C(=O)c1cc(-c2cc(C(F)(F)F)n(CCO)n2)ccn1. The van der Waals surface area contributed by atoms with Crippen LogP contribution in [0.15, 0.2) is 24.4 Å². The number of rotatable bonds is 4. The van der Waals surface area contributed by atoms with Crippen molar-refractivity contribution in [2.75, 3.05) is 20.7 Å². The molecule has 9 heteroatoms. The maximum absolute atomic E-state index is 13.0. The van der Waals surface area contributed by atoms with E-state index in [1.165, 1.54) is 23.2 Å². The van der Waals surface area contributed by atoms with Crippen LogP contribution in [0.4, 0.5) is 13.2 Å². The summed E-state index contributed by atoms with van der Waals surface area (Å²) in [6.07, 6.45) is -3.25. The zero-order chi connectivity index (χ0) is 17.2. The summed E-state index contributed by atoms with van der Waals surface area (Å²) < 4.78 is 39.7. The van der Waals surface area contributed by atoms with Gasteiger partial charge in [-0.25, -0.2) is 0 Å². The van der Waals surface area contributed by atoms with Crippen molar-refractivity contribution >= 4 is 5.91 Å². The lowest BCUT2D eigenvalue weighted by atomic mass is 10.1. The molecule has 124 valence electrons. The third-order valence-corrected chi connectivity index (χ3v) is 3.06. The van der Waals surface area contributed by atoms with Gasteiger partial charge in [-0.1, -0.05) is 0 Å². The number of aliphatic hydroxyl groups is 1. The molecule has 0 atom stereocenters. The monoisotopic (exact) mass is 328 g/mol. The minimum Gasteiger partial charge on any atom is -0.394 e.